The third kappa shape index (κ3) is 2.93. The number of benzene rings is 2. The van der Waals surface area contributed by atoms with Crippen LogP contribution in [0.25, 0.3) is 0 Å². The van der Waals surface area contributed by atoms with E-state index in [0.29, 0.717) is 14.6 Å². The van der Waals surface area contributed by atoms with E-state index in [2.05, 4.69) is 36.6 Å². The average molecular weight is 391 g/mol. The summed E-state index contributed by atoms with van der Waals surface area (Å²) in [6.45, 7) is 0. The number of hydrogen-bond acceptors (Lipinski definition) is 2. The maximum absolute atomic E-state index is 12.2. The van der Waals surface area contributed by atoms with Gasteiger partial charge in [-0.05, 0) is 56.1 Å². The summed E-state index contributed by atoms with van der Waals surface area (Å²) in [6, 6.07) is 13.6. The summed E-state index contributed by atoms with van der Waals surface area (Å²) in [6.07, 6.45) is 0. The first kappa shape index (κ1) is 13.6. The molecule has 0 heterocycles. The highest BCUT2D eigenvalue weighted by molar-refractivity contribution is 9.11. The van der Waals surface area contributed by atoms with Crippen molar-refractivity contribution in [1.82, 2.24) is 0 Å². The molecule has 0 spiro atoms. The molecule has 6 heteroatoms. The Bertz CT molecular complexity index is 637. The van der Waals surface area contributed by atoms with Gasteiger partial charge in [-0.25, -0.2) is 8.42 Å². The van der Waals surface area contributed by atoms with Crippen molar-refractivity contribution in [2.45, 2.75) is 4.90 Å². The van der Waals surface area contributed by atoms with Crippen molar-refractivity contribution >= 4 is 47.6 Å². The van der Waals surface area contributed by atoms with Gasteiger partial charge in [-0.1, -0.05) is 24.3 Å². The van der Waals surface area contributed by atoms with Gasteiger partial charge >= 0.3 is 0 Å². The Balaban J connectivity index is 2.41. The van der Waals surface area contributed by atoms with Crippen molar-refractivity contribution < 1.29 is 8.42 Å². The van der Waals surface area contributed by atoms with Crippen LogP contribution in [0.1, 0.15) is 0 Å². The quantitative estimate of drug-likeness (QED) is 0.860. The second-order valence-electron chi connectivity index (χ2n) is 3.52. The lowest BCUT2D eigenvalue weighted by molar-refractivity contribution is 0.601. The molecule has 0 bridgehead atoms. The van der Waals surface area contributed by atoms with Gasteiger partial charge in [0.25, 0.3) is 10.0 Å². The summed E-state index contributed by atoms with van der Waals surface area (Å²) < 4.78 is 28.2. The Morgan fingerprint density at radius 2 is 1.39 bits per heavy atom. The summed E-state index contributed by atoms with van der Waals surface area (Å²) in [5, 5.41) is 0. The molecule has 0 amide bonds. The van der Waals surface area contributed by atoms with Crippen molar-refractivity contribution in [2.75, 3.05) is 4.72 Å². The normalized spacial score (nSPS) is 11.2. The zero-order chi connectivity index (χ0) is 13.2. The molecule has 0 unspecified atom stereocenters. The Kier molecular flexibility index (Phi) is 4.09. The molecule has 0 atom stereocenters. The molecule has 2 aromatic carbocycles. The first-order chi connectivity index (χ1) is 8.50. The number of halogens is 2. The van der Waals surface area contributed by atoms with Gasteiger partial charge in [0.2, 0.25) is 0 Å². The van der Waals surface area contributed by atoms with Crippen molar-refractivity contribution in [3.8, 4) is 0 Å². The summed E-state index contributed by atoms with van der Waals surface area (Å²) in [5.41, 5.74) is 0.487. The minimum Gasteiger partial charge on any atom is -0.277 e. The average Bonchev–Trinajstić information content (AvgIpc) is 2.35. The summed E-state index contributed by atoms with van der Waals surface area (Å²) in [4.78, 5) is 0.229. The first-order valence-electron chi connectivity index (χ1n) is 5.02. The van der Waals surface area contributed by atoms with Crippen LogP contribution in [0.3, 0.4) is 0 Å². The van der Waals surface area contributed by atoms with E-state index in [0.717, 1.165) is 0 Å². The second-order valence-corrected chi connectivity index (χ2v) is 6.91. The maximum Gasteiger partial charge on any atom is 0.261 e. The van der Waals surface area contributed by atoms with Gasteiger partial charge in [-0.2, -0.15) is 0 Å². The Hall–Kier alpha value is -0.850. The van der Waals surface area contributed by atoms with Gasteiger partial charge in [-0.15, -0.1) is 0 Å². The molecule has 0 radical (unpaired) electrons. The van der Waals surface area contributed by atoms with Crippen LogP contribution < -0.4 is 4.72 Å². The lowest BCUT2D eigenvalue weighted by atomic mass is 10.3. The highest BCUT2D eigenvalue weighted by Crippen LogP contribution is 2.32. The fourth-order valence-corrected chi connectivity index (χ4v) is 3.97. The Morgan fingerprint density at radius 3 is 1.94 bits per heavy atom. The predicted octanol–water partition coefficient (Wildman–Crippen LogP) is 4.01. The lowest BCUT2D eigenvalue weighted by Gasteiger charge is -2.11. The summed E-state index contributed by atoms with van der Waals surface area (Å²) in [7, 11) is -3.57. The summed E-state index contributed by atoms with van der Waals surface area (Å²) in [5.74, 6) is 0. The summed E-state index contributed by atoms with van der Waals surface area (Å²) >= 11 is 6.63. The molecule has 0 saturated carbocycles. The van der Waals surface area contributed by atoms with Gasteiger partial charge < -0.3 is 0 Å². The van der Waals surface area contributed by atoms with Crippen LogP contribution in [0.5, 0.6) is 0 Å². The van der Waals surface area contributed by atoms with Crippen LogP contribution in [-0.4, -0.2) is 8.42 Å². The zero-order valence-corrected chi connectivity index (χ0v) is 13.1. The molecule has 18 heavy (non-hydrogen) atoms. The van der Waals surface area contributed by atoms with E-state index < -0.39 is 10.0 Å². The van der Waals surface area contributed by atoms with Crippen molar-refractivity contribution in [2.24, 2.45) is 0 Å². The molecule has 0 saturated heterocycles. The van der Waals surface area contributed by atoms with E-state index in [1.165, 1.54) is 0 Å². The molecule has 3 nitrogen and oxygen atoms in total. The molecule has 94 valence electrons. The topological polar surface area (TPSA) is 46.2 Å². The van der Waals surface area contributed by atoms with E-state index in [1.54, 1.807) is 42.5 Å². The number of nitrogens with one attached hydrogen (secondary N) is 1. The molecular weight excluding hydrogens is 382 g/mol. The number of hydrogen-bond donors (Lipinski definition) is 1. The van der Waals surface area contributed by atoms with Gasteiger partial charge in [-0.3, -0.25) is 4.72 Å². The van der Waals surface area contributed by atoms with Crippen molar-refractivity contribution in [3.05, 3.63) is 57.5 Å². The van der Waals surface area contributed by atoms with E-state index in [1.807, 2.05) is 6.07 Å². The molecule has 0 aliphatic rings. The predicted molar refractivity (Wildman–Crippen MR) is 79.1 cm³/mol. The zero-order valence-electron chi connectivity index (χ0n) is 9.10. The fourth-order valence-electron chi connectivity index (χ4n) is 1.39. The molecule has 1 N–H and O–H groups in total. The van der Waals surface area contributed by atoms with Crippen LogP contribution in [0.4, 0.5) is 5.69 Å². The van der Waals surface area contributed by atoms with Gasteiger partial charge in [0, 0.05) is 8.95 Å². The van der Waals surface area contributed by atoms with Crippen LogP contribution in [0.2, 0.25) is 0 Å². The molecule has 0 aromatic heterocycles. The number of rotatable bonds is 3. The fraction of sp³-hybridized carbons (Fsp3) is 0. The molecule has 0 aliphatic heterocycles. The third-order valence-corrected chi connectivity index (χ3v) is 4.94. The van der Waals surface area contributed by atoms with E-state index in [9.17, 15) is 8.42 Å². The van der Waals surface area contributed by atoms with Crippen LogP contribution in [0.15, 0.2) is 62.4 Å². The Morgan fingerprint density at radius 1 is 0.833 bits per heavy atom. The third-order valence-electron chi connectivity index (χ3n) is 2.25. The smallest absolute Gasteiger partial charge is 0.261 e. The van der Waals surface area contributed by atoms with Crippen LogP contribution >= 0.6 is 31.9 Å². The van der Waals surface area contributed by atoms with Gasteiger partial charge in [0.05, 0.1) is 10.6 Å². The van der Waals surface area contributed by atoms with Crippen molar-refractivity contribution in [3.63, 3.8) is 0 Å². The minimum atomic E-state index is -3.57. The highest BCUT2D eigenvalue weighted by atomic mass is 79.9. The maximum atomic E-state index is 12.2. The first-order valence-corrected chi connectivity index (χ1v) is 8.09. The standard InChI is InChI=1S/C12H9Br2NO2S/c13-10-7-4-8-11(14)12(10)15-18(16,17)9-5-2-1-3-6-9/h1-8,15H. The number of para-hydroxylation sites is 1. The van der Waals surface area contributed by atoms with Gasteiger partial charge in [0.15, 0.2) is 0 Å². The largest absolute Gasteiger partial charge is 0.277 e. The molecular formula is C12H9Br2NO2S. The van der Waals surface area contributed by atoms with Crippen molar-refractivity contribution in [1.29, 1.82) is 0 Å². The monoisotopic (exact) mass is 389 g/mol. The molecule has 0 fully saturated rings. The van der Waals surface area contributed by atoms with E-state index in [-0.39, 0.29) is 4.90 Å². The number of anilines is 1. The highest BCUT2D eigenvalue weighted by Gasteiger charge is 2.16. The number of sulfonamides is 1. The van der Waals surface area contributed by atoms with Crippen LogP contribution in [0, 0.1) is 0 Å². The van der Waals surface area contributed by atoms with Crippen LogP contribution in [-0.2, 0) is 10.0 Å². The lowest BCUT2D eigenvalue weighted by Crippen LogP contribution is -2.13. The van der Waals surface area contributed by atoms with E-state index >= 15 is 0 Å². The van der Waals surface area contributed by atoms with E-state index in [4.69, 9.17) is 0 Å². The second kappa shape index (κ2) is 5.42. The molecule has 2 aromatic rings. The van der Waals surface area contributed by atoms with Gasteiger partial charge in [0.1, 0.15) is 0 Å². The molecule has 0 aliphatic carbocycles. The molecule has 2 rings (SSSR count). The Labute approximate surface area is 123 Å². The SMILES string of the molecule is O=S(=O)(Nc1c(Br)cccc1Br)c1ccccc1. The minimum absolute atomic E-state index is 0.229.